The van der Waals surface area contributed by atoms with Gasteiger partial charge in [-0.2, -0.15) is 5.10 Å². The van der Waals surface area contributed by atoms with E-state index in [1.807, 2.05) is 18.2 Å². The van der Waals surface area contributed by atoms with Crippen LogP contribution in [0.2, 0.25) is 0 Å². The molecule has 3 heterocycles. The van der Waals surface area contributed by atoms with Crippen molar-refractivity contribution in [2.75, 3.05) is 5.32 Å². The lowest BCUT2D eigenvalue weighted by Gasteiger charge is -2.13. The summed E-state index contributed by atoms with van der Waals surface area (Å²) in [5, 5.41) is 21.6. The minimum Gasteiger partial charge on any atom is -0.475 e. The fourth-order valence-corrected chi connectivity index (χ4v) is 4.76. The van der Waals surface area contributed by atoms with Gasteiger partial charge in [-0.05, 0) is 49.4 Å². The first-order chi connectivity index (χ1) is 12.7. The molecule has 0 amide bonds. The number of aryl methyl sites for hydroxylation is 2. The summed E-state index contributed by atoms with van der Waals surface area (Å²) in [6.45, 7) is 0. The van der Waals surface area contributed by atoms with Crippen LogP contribution in [0.4, 0.5) is 11.5 Å². The molecule has 7 nitrogen and oxygen atoms in total. The van der Waals surface area contributed by atoms with Gasteiger partial charge in [0.15, 0.2) is 0 Å². The van der Waals surface area contributed by atoms with Gasteiger partial charge in [0.1, 0.15) is 10.6 Å². The Morgan fingerprint density at radius 3 is 3.00 bits per heavy atom. The molecule has 0 aliphatic heterocycles. The molecule has 1 aliphatic rings. The van der Waals surface area contributed by atoms with E-state index >= 15 is 0 Å². The van der Waals surface area contributed by atoms with Crippen LogP contribution in [-0.4, -0.2) is 31.2 Å². The van der Waals surface area contributed by atoms with Gasteiger partial charge in [0.2, 0.25) is 5.82 Å². The molecular formula is C18H15N5O2S. The van der Waals surface area contributed by atoms with Crippen LogP contribution in [0, 0.1) is 0 Å². The molecule has 1 aliphatic carbocycles. The molecule has 0 unspecified atom stereocenters. The van der Waals surface area contributed by atoms with E-state index in [4.69, 9.17) is 0 Å². The van der Waals surface area contributed by atoms with Crippen molar-refractivity contribution in [3.63, 3.8) is 0 Å². The van der Waals surface area contributed by atoms with E-state index < -0.39 is 5.97 Å². The maximum Gasteiger partial charge on any atom is 0.374 e. The second-order valence-electron chi connectivity index (χ2n) is 6.39. The number of hydrogen-bond acceptors (Lipinski definition) is 6. The van der Waals surface area contributed by atoms with Crippen LogP contribution < -0.4 is 5.32 Å². The van der Waals surface area contributed by atoms with Gasteiger partial charge >= 0.3 is 5.97 Å². The number of carboxylic acids is 1. The predicted molar refractivity (Wildman–Crippen MR) is 100 cm³/mol. The van der Waals surface area contributed by atoms with Crippen LogP contribution in [-0.2, 0) is 12.8 Å². The molecule has 0 atom stereocenters. The number of H-pyrrole nitrogens is 1. The fourth-order valence-electron chi connectivity index (χ4n) is 3.50. The Labute approximate surface area is 152 Å². The van der Waals surface area contributed by atoms with Crippen molar-refractivity contribution < 1.29 is 9.90 Å². The lowest BCUT2D eigenvalue weighted by Crippen LogP contribution is -2.07. The zero-order valence-corrected chi connectivity index (χ0v) is 14.6. The third-order valence-corrected chi connectivity index (χ3v) is 5.89. The number of carbonyl (C=O) groups is 1. The van der Waals surface area contributed by atoms with Gasteiger partial charge in [0.05, 0.1) is 17.1 Å². The maximum atomic E-state index is 11.5. The molecule has 0 bridgehead atoms. The summed E-state index contributed by atoms with van der Waals surface area (Å²) in [6, 6.07) is 5.82. The van der Waals surface area contributed by atoms with E-state index in [1.165, 1.54) is 16.9 Å². The second-order valence-corrected chi connectivity index (χ2v) is 7.47. The largest absolute Gasteiger partial charge is 0.475 e. The van der Waals surface area contributed by atoms with E-state index in [1.54, 1.807) is 17.5 Å². The normalized spacial score (nSPS) is 13.8. The Bertz CT molecular complexity index is 1160. The van der Waals surface area contributed by atoms with Gasteiger partial charge in [0.25, 0.3) is 0 Å². The van der Waals surface area contributed by atoms with Crippen LogP contribution >= 0.6 is 11.3 Å². The zero-order chi connectivity index (χ0) is 17.7. The number of hydrogen-bond donors (Lipinski definition) is 3. The van der Waals surface area contributed by atoms with Gasteiger partial charge in [-0.25, -0.2) is 14.8 Å². The van der Waals surface area contributed by atoms with Crippen molar-refractivity contribution in [3.05, 3.63) is 40.7 Å². The summed E-state index contributed by atoms with van der Waals surface area (Å²) in [7, 11) is 0. The smallest absolute Gasteiger partial charge is 0.374 e. The van der Waals surface area contributed by atoms with Crippen LogP contribution in [0.3, 0.4) is 0 Å². The minimum atomic E-state index is -1.12. The molecule has 0 fully saturated rings. The van der Waals surface area contributed by atoms with Gasteiger partial charge < -0.3 is 10.4 Å². The number of aromatic carboxylic acids is 1. The second kappa shape index (κ2) is 5.77. The van der Waals surface area contributed by atoms with Gasteiger partial charge in [0, 0.05) is 16.0 Å². The average molecular weight is 365 g/mol. The number of carboxylic acid groups (broad SMARTS) is 1. The summed E-state index contributed by atoms with van der Waals surface area (Å²) in [5.74, 6) is -0.732. The first-order valence-electron chi connectivity index (χ1n) is 8.45. The molecule has 8 heteroatoms. The highest BCUT2D eigenvalue weighted by Gasteiger charge is 2.22. The predicted octanol–water partition coefficient (Wildman–Crippen LogP) is 3.89. The highest BCUT2D eigenvalue weighted by molar-refractivity contribution is 7.19. The molecular weight excluding hydrogens is 350 g/mol. The molecule has 0 spiro atoms. The average Bonchev–Trinajstić information content (AvgIpc) is 3.25. The van der Waals surface area contributed by atoms with Crippen molar-refractivity contribution >= 4 is 49.9 Å². The highest BCUT2D eigenvalue weighted by Crippen LogP contribution is 2.39. The number of rotatable bonds is 3. The zero-order valence-electron chi connectivity index (χ0n) is 13.7. The van der Waals surface area contributed by atoms with Crippen LogP contribution in [0.15, 0.2) is 24.4 Å². The molecule has 5 rings (SSSR count). The molecule has 3 N–H and O–H groups in total. The topological polar surface area (TPSA) is 104 Å². The van der Waals surface area contributed by atoms with E-state index in [-0.39, 0.29) is 5.82 Å². The van der Waals surface area contributed by atoms with Gasteiger partial charge in [-0.1, -0.05) is 0 Å². The van der Waals surface area contributed by atoms with Crippen LogP contribution in [0.25, 0.3) is 21.1 Å². The highest BCUT2D eigenvalue weighted by atomic mass is 32.1. The maximum absolute atomic E-state index is 11.5. The standard InChI is InChI=1S/C18H15N5O2S/c24-18(25)16-21-15(20-10-5-6-12-9(7-10)8-19-23-12)14-11-3-1-2-4-13(11)26-17(14)22-16/h5-8H,1-4H2,(H,19,23)(H,24,25)(H,20,21,22). The Kier molecular flexibility index (Phi) is 3.39. The van der Waals surface area contributed by atoms with E-state index in [0.29, 0.717) is 5.82 Å². The summed E-state index contributed by atoms with van der Waals surface area (Å²) in [5.41, 5.74) is 3.05. The SMILES string of the molecule is O=C(O)c1nc(Nc2ccc3[nH]ncc3c2)c2c3c(sc2n1)CCCC3. The molecule has 130 valence electrons. The molecule has 4 aromatic rings. The lowest BCUT2D eigenvalue weighted by atomic mass is 9.97. The molecule has 0 radical (unpaired) electrons. The summed E-state index contributed by atoms with van der Waals surface area (Å²) in [4.78, 5) is 22.1. The number of anilines is 2. The molecule has 3 aromatic heterocycles. The number of aromatic amines is 1. The number of thiophene rings is 1. The van der Waals surface area contributed by atoms with Crippen LogP contribution in [0.1, 0.15) is 33.9 Å². The number of fused-ring (bicyclic) bond motifs is 4. The van der Waals surface area contributed by atoms with Crippen molar-refractivity contribution in [2.45, 2.75) is 25.7 Å². The summed E-state index contributed by atoms with van der Waals surface area (Å²) >= 11 is 1.59. The Morgan fingerprint density at radius 2 is 2.12 bits per heavy atom. The number of nitrogens with zero attached hydrogens (tertiary/aromatic N) is 3. The van der Waals surface area contributed by atoms with E-state index in [9.17, 15) is 9.90 Å². The third-order valence-electron chi connectivity index (χ3n) is 4.71. The number of aromatic nitrogens is 4. The number of benzene rings is 1. The monoisotopic (exact) mass is 365 g/mol. The Balaban J connectivity index is 1.68. The Hall–Kier alpha value is -3.00. The molecule has 0 saturated heterocycles. The van der Waals surface area contributed by atoms with Crippen molar-refractivity contribution in [3.8, 4) is 0 Å². The molecule has 1 aromatic carbocycles. The van der Waals surface area contributed by atoms with Crippen molar-refractivity contribution in [2.24, 2.45) is 0 Å². The third kappa shape index (κ3) is 2.41. The van der Waals surface area contributed by atoms with Crippen molar-refractivity contribution in [1.82, 2.24) is 20.2 Å². The molecule has 26 heavy (non-hydrogen) atoms. The minimum absolute atomic E-state index is 0.178. The van der Waals surface area contributed by atoms with E-state index in [0.717, 1.165) is 46.1 Å². The fraction of sp³-hybridized carbons (Fsp3) is 0.222. The van der Waals surface area contributed by atoms with Gasteiger partial charge in [-0.3, -0.25) is 5.10 Å². The van der Waals surface area contributed by atoms with Crippen LogP contribution in [0.5, 0.6) is 0 Å². The molecule has 0 saturated carbocycles. The quantitative estimate of drug-likeness (QED) is 0.509. The summed E-state index contributed by atoms with van der Waals surface area (Å²) < 4.78 is 0. The van der Waals surface area contributed by atoms with Crippen molar-refractivity contribution in [1.29, 1.82) is 0 Å². The lowest BCUT2D eigenvalue weighted by molar-refractivity contribution is 0.0684. The van der Waals surface area contributed by atoms with E-state index in [2.05, 4.69) is 25.5 Å². The first-order valence-corrected chi connectivity index (χ1v) is 9.26. The summed E-state index contributed by atoms with van der Waals surface area (Å²) in [6.07, 6.45) is 6.07. The number of nitrogens with one attached hydrogen (secondary N) is 2. The Morgan fingerprint density at radius 1 is 1.23 bits per heavy atom. The van der Waals surface area contributed by atoms with Gasteiger partial charge in [-0.15, -0.1) is 11.3 Å². The first kappa shape index (κ1) is 15.3.